The summed E-state index contributed by atoms with van der Waals surface area (Å²) in [6, 6.07) is 5.30. The number of ether oxygens (including phenoxy) is 2. The monoisotopic (exact) mass is 265 g/mol. The lowest BCUT2D eigenvalue weighted by molar-refractivity contribution is -0.883. The number of quaternary nitrogens is 1. The van der Waals surface area contributed by atoms with Crippen LogP contribution in [0.2, 0.25) is 0 Å². The van der Waals surface area contributed by atoms with Gasteiger partial charge in [0, 0.05) is 5.56 Å². The van der Waals surface area contributed by atoms with Gasteiger partial charge in [-0.05, 0) is 18.2 Å². The Bertz CT molecular complexity index is 454. The third-order valence-corrected chi connectivity index (χ3v) is 3.53. The molecule has 19 heavy (non-hydrogen) atoms. The average Bonchev–Trinajstić information content (AvgIpc) is 2.46. The van der Waals surface area contributed by atoms with E-state index < -0.39 is 0 Å². The van der Waals surface area contributed by atoms with Crippen molar-refractivity contribution in [1.82, 2.24) is 4.90 Å². The second-order valence-electron chi connectivity index (χ2n) is 4.82. The van der Waals surface area contributed by atoms with Crippen molar-refractivity contribution in [3.8, 4) is 11.5 Å². The van der Waals surface area contributed by atoms with Gasteiger partial charge in [-0.3, -0.25) is 4.79 Å². The fraction of sp³-hybridized carbons (Fsp3) is 0.500. The topological polar surface area (TPSA) is 43.2 Å². The number of nitrogens with zero attached hydrogens (tertiary/aromatic N) is 1. The molecule has 5 heteroatoms. The van der Waals surface area contributed by atoms with Gasteiger partial charge in [0.1, 0.15) is 0 Å². The van der Waals surface area contributed by atoms with Crippen LogP contribution in [-0.4, -0.2) is 58.3 Å². The van der Waals surface area contributed by atoms with Crippen LogP contribution >= 0.6 is 0 Å². The molecule has 0 unspecified atom stereocenters. The Hall–Kier alpha value is -1.75. The molecule has 0 radical (unpaired) electrons. The van der Waals surface area contributed by atoms with Crippen molar-refractivity contribution in [1.29, 1.82) is 0 Å². The van der Waals surface area contributed by atoms with E-state index in [1.807, 2.05) is 4.90 Å². The van der Waals surface area contributed by atoms with Crippen molar-refractivity contribution in [3.63, 3.8) is 0 Å². The molecule has 0 aromatic heterocycles. The first-order valence-corrected chi connectivity index (χ1v) is 6.48. The first-order valence-electron chi connectivity index (χ1n) is 6.48. The molecule has 1 heterocycles. The van der Waals surface area contributed by atoms with Gasteiger partial charge >= 0.3 is 0 Å². The summed E-state index contributed by atoms with van der Waals surface area (Å²) in [5, 5.41) is 0. The Morgan fingerprint density at radius 2 is 1.79 bits per heavy atom. The SMILES string of the molecule is COc1ccc(C(=O)N2CC[NH+](C)CC2)cc1OC. The van der Waals surface area contributed by atoms with E-state index in [4.69, 9.17) is 9.47 Å². The number of nitrogens with one attached hydrogen (secondary N) is 1. The predicted octanol–water partition coefficient (Wildman–Crippen LogP) is -0.326. The van der Waals surface area contributed by atoms with Gasteiger partial charge < -0.3 is 19.3 Å². The summed E-state index contributed by atoms with van der Waals surface area (Å²) in [7, 11) is 5.31. The fourth-order valence-electron chi connectivity index (χ4n) is 2.24. The Kier molecular flexibility index (Phi) is 4.27. The fourth-order valence-corrected chi connectivity index (χ4v) is 2.24. The van der Waals surface area contributed by atoms with Gasteiger partial charge in [-0.1, -0.05) is 0 Å². The van der Waals surface area contributed by atoms with E-state index in [1.54, 1.807) is 32.4 Å². The largest absolute Gasteiger partial charge is 0.493 e. The molecule has 1 aliphatic heterocycles. The highest BCUT2D eigenvalue weighted by Crippen LogP contribution is 2.27. The quantitative estimate of drug-likeness (QED) is 0.814. The van der Waals surface area contributed by atoms with Crippen LogP contribution in [0.3, 0.4) is 0 Å². The summed E-state index contributed by atoms with van der Waals surface area (Å²) in [5.74, 6) is 1.29. The molecule has 1 saturated heterocycles. The van der Waals surface area contributed by atoms with Crippen LogP contribution in [0.15, 0.2) is 18.2 Å². The second-order valence-corrected chi connectivity index (χ2v) is 4.82. The summed E-state index contributed by atoms with van der Waals surface area (Å²) in [4.78, 5) is 15.8. The number of hydrogen-bond acceptors (Lipinski definition) is 3. The molecule has 1 aromatic rings. The van der Waals surface area contributed by atoms with E-state index in [0.29, 0.717) is 17.1 Å². The number of benzene rings is 1. The van der Waals surface area contributed by atoms with Gasteiger partial charge in [0.25, 0.3) is 5.91 Å². The number of likely N-dealkylation sites (N-methyl/N-ethyl adjacent to an activating group) is 1. The van der Waals surface area contributed by atoms with Crippen LogP contribution in [0.25, 0.3) is 0 Å². The highest BCUT2D eigenvalue weighted by Gasteiger charge is 2.23. The smallest absolute Gasteiger partial charge is 0.254 e. The molecular formula is C14H21N2O3+. The molecule has 104 valence electrons. The van der Waals surface area contributed by atoms with E-state index >= 15 is 0 Å². The Morgan fingerprint density at radius 3 is 2.37 bits per heavy atom. The maximum atomic E-state index is 12.4. The molecule has 0 bridgehead atoms. The van der Waals surface area contributed by atoms with E-state index in [1.165, 1.54) is 4.90 Å². The van der Waals surface area contributed by atoms with Crippen LogP contribution in [0.4, 0.5) is 0 Å². The zero-order valence-electron chi connectivity index (χ0n) is 11.7. The molecule has 1 aromatic carbocycles. The maximum Gasteiger partial charge on any atom is 0.254 e. The molecule has 1 fully saturated rings. The molecule has 0 spiro atoms. The van der Waals surface area contributed by atoms with Gasteiger partial charge in [0.15, 0.2) is 11.5 Å². The zero-order valence-corrected chi connectivity index (χ0v) is 11.7. The van der Waals surface area contributed by atoms with Crippen molar-refractivity contribution in [2.75, 3.05) is 47.4 Å². The minimum atomic E-state index is 0.0634. The third kappa shape index (κ3) is 2.98. The molecule has 1 amide bonds. The molecule has 5 nitrogen and oxygen atoms in total. The van der Waals surface area contributed by atoms with Crippen LogP contribution in [-0.2, 0) is 0 Å². The van der Waals surface area contributed by atoms with Crippen molar-refractivity contribution in [2.45, 2.75) is 0 Å². The normalized spacial score (nSPS) is 16.3. The van der Waals surface area contributed by atoms with E-state index in [2.05, 4.69) is 7.05 Å². The molecule has 0 aliphatic carbocycles. The van der Waals surface area contributed by atoms with Gasteiger partial charge in [-0.2, -0.15) is 0 Å². The number of piperazine rings is 1. The maximum absolute atomic E-state index is 12.4. The Morgan fingerprint density at radius 1 is 1.16 bits per heavy atom. The van der Waals surface area contributed by atoms with Crippen LogP contribution in [0.1, 0.15) is 10.4 Å². The highest BCUT2D eigenvalue weighted by atomic mass is 16.5. The Balaban J connectivity index is 2.15. The van der Waals surface area contributed by atoms with Gasteiger partial charge in [0.05, 0.1) is 47.4 Å². The van der Waals surface area contributed by atoms with Crippen LogP contribution in [0, 0.1) is 0 Å². The molecule has 1 N–H and O–H groups in total. The number of hydrogen-bond donors (Lipinski definition) is 1. The molecule has 1 aliphatic rings. The third-order valence-electron chi connectivity index (χ3n) is 3.53. The summed E-state index contributed by atoms with van der Waals surface area (Å²) >= 11 is 0. The van der Waals surface area contributed by atoms with Crippen LogP contribution in [0.5, 0.6) is 11.5 Å². The standard InChI is InChI=1S/C14H20N2O3/c1-15-6-8-16(9-7-15)14(17)11-4-5-12(18-2)13(10-11)19-3/h4-5,10H,6-9H2,1-3H3/p+1. The lowest BCUT2D eigenvalue weighted by atomic mass is 10.1. The van der Waals surface area contributed by atoms with E-state index in [0.717, 1.165) is 26.2 Å². The lowest BCUT2D eigenvalue weighted by Crippen LogP contribution is -3.12. The highest BCUT2D eigenvalue weighted by molar-refractivity contribution is 5.95. The summed E-state index contributed by atoms with van der Waals surface area (Å²) in [6.45, 7) is 3.61. The molecule has 0 atom stereocenters. The van der Waals surface area contributed by atoms with E-state index in [9.17, 15) is 4.79 Å². The Labute approximate surface area is 113 Å². The van der Waals surface area contributed by atoms with E-state index in [-0.39, 0.29) is 5.91 Å². The van der Waals surface area contributed by atoms with Crippen molar-refractivity contribution in [2.24, 2.45) is 0 Å². The number of methoxy groups -OCH3 is 2. The number of amides is 1. The van der Waals surface area contributed by atoms with Gasteiger partial charge in [0.2, 0.25) is 0 Å². The first-order chi connectivity index (χ1) is 9.15. The molecular weight excluding hydrogens is 244 g/mol. The van der Waals surface area contributed by atoms with Crippen molar-refractivity contribution < 1.29 is 19.2 Å². The predicted molar refractivity (Wildman–Crippen MR) is 72.1 cm³/mol. The first kappa shape index (κ1) is 13.7. The van der Waals surface area contributed by atoms with Gasteiger partial charge in [-0.25, -0.2) is 0 Å². The average molecular weight is 265 g/mol. The molecule has 0 saturated carbocycles. The number of carbonyl (C=O) groups excluding carboxylic acids is 1. The van der Waals surface area contributed by atoms with Gasteiger partial charge in [-0.15, -0.1) is 0 Å². The zero-order chi connectivity index (χ0) is 13.8. The molecule has 2 rings (SSSR count). The second kappa shape index (κ2) is 5.93. The minimum Gasteiger partial charge on any atom is -0.493 e. The number of rotatable bonds is 3. The summed E-state index contributed by atoms with van der Waals surface area (Å²) in [6.07, 6.45) is 0. The van der Waals surface area contributed by atoms with Crippen molar-refractivity contribution in [3.05, 3.63) is 23.8 Å². The minimum absolute atomic E-state index is 0.0634. The summed E-state index contributed by atoms with van der Waals surface area (Å²) < 4.78 is 10.4. The van der Waals surface area contributed by atoms with Crippen LogP contribution < -0.4 is 14.4 Å². The lowest BCUT2D eigenvalue weighted by Gasteiger charge is -2.30. The van der Waals surface area contributed by atoms with Crippen molar-refractivity contribution >= 4 is 5.91 Å². The number of carbonyl (C=O) groups is 1. The summed E-state index contributed by atoms with van der Waals surface area (Å²) in [5.41, 5.74) is 0.650.